The van der Waals surface area contributed by atoms with Gasteiger partial charge in [0.2, 0.25) is 0 Å². The van der Waals surface area contributed by atoms with Gasteiger partial charge in [-0.15, -0.1) is 0 Å². The first-order valence-corrected chi connectivity index (χ1v) is 7.58. The van der Waals surface area contributed by atoms with Crippen LogP contribution in [0.1, 0.15) is 27.8 Å². The molecular formula is C17H16N2O7. The van der Waals surface area contributed by atoms with E-state index in [1.54, 1.807) is 13.0 Å². The van der Waals surface area contributed by atoms with E-state index in [-0.39, 0.29) is 17.9 Å². The number of hydrogen-bond donors (Lipinski definition) is 2. The summed E-state index contributed by atoms with van der Waals surface area (Å²) in [4.78, 5) is 46.1. The first kappa shape index (κ1) is 18.7. The highest BCUT2D eigenvalue weighted by Gasteiger charge is 2.13. The Labute approximate surface area is 148 Å². The fourth-order valence-corrected chi connectivity index (χ4v) is 1.82. The fourth-order valence-electron chi connectivity index (χ4n) is 1.82. The highest BCUT2D eigenvalue weighted by molar-refractivity contribution is 6.02. The van der Waals surface area contributed by atoms with Gasteiger partial charge in [0.1, 0.15) is 0 Å². The standard InChI is InChI=1S/C17H16N2O7/c1-2-24-17(23)19-14(20)10-26-16(22)11-5-7-12(8-6-11)18-15(21)13-4-3-9-25-13/h3-9H,2,10H2,1H3,(H,18,21)(H,19,20,23). The number of alkyl carbamates (subject to hydrolysis) is 1. The Morgan fingerprint density at radius 1 is 1.04 bits per heavy atom. The van der Waals surface area contributed by atoms with Crippen LogP contribution in [0.15, 0.2) is 47.1 Å². The van der Waals surface area contributed by atoms with Crippen LogP contribution in [0.4, 0.5) is 10.5 Å². The summed E-state index contributed by atoms with van der Waals surface area (Å²) < 4.78 is 14.3. The number of imide groups is 1. The molecule has 9 heteroatoms. The molecule has 1 aromatic carbocycles. The van der Waals surface area contributed by atoms with Crippen LogP contribution in [-0.4, -0.2) is 37.1 Å². The number of carbonyl (C=O) groups excluding carboxylic acids is 4. The van der Waals surface area contributed by atoms with Crippen molar-refractivity contribution in [1.82, 2.24) is 5.32 Å². The maximum Gasteiger partial charge on any atom is 0.413 e. The number of anilines is 1. The SMILES string of the molecule is CCOC(=O)NC(=O)COC(=O)c1ccc(NC(=O)c2ccco2)cc1. The fraction of sp³-hybridized carbons (Fsp3) is 0.176. The highest BCUT2D eigenvalue weighted by atomic mass is 16.6. The summed E-state index contributed by atoms with van der Waals surface area (Å²) in [6.07, 6.45) is 0.469. The quantitative estimate of drug-likeness (QED) is 0.755. The maximum atomic E-state index is 11.9. The van der Waals surface area contributed by atoms with E-state index in [4.69, 9.17) is 9.15 Å². The summed E-state index contributed by atoms with van der Waals surface area (Å²) in [5.41, 5.74) is 0.618. The van der Waals surface area contributed by atoms with Crippen molar-refractivity contribution in [3.63, 3.8) is 0 Å². The van der Waals surface area contributed by atoms with Crippen LogP contribution < -0.4 is 10.6 Å². The molecule has 2 rings (SSSR count). The Morgan fingerprint density at radius 3 is 2.38 bits per heavy atom. The second kappa shape index (κ2) is 9.02. The third-order valence-electron chi connectivity index (χ3n) is 2.97. The largest absolute Gasteiger partial charge is 0.459 e. The van der Waals surface area contributed by atoms with Crippen LogP contribution >= 0.6 is 0 Å². The smallest absolute Gasteiger partial charge is 0.413 e. The van der Waals surface area contributed by atoms with Crippen molar-refractivity contribution in [1.29, 1.82) is 0 Å². The van der Waals surface area contributed by atoms with Gasteiger partial charge < -0.3 is 19.2 Å². The van der Waals surface area contributed by atoms with Crippen molar-refractivity contribution >= 4 is 29.6 Å². The Kier molecular flexibility index (Phi) is 6.49. The predicted molar refractivity (Wildman–Crippen MR) is 88.6 cm³/mol. The zero-order valence-corrected chi connectivity index (χ0v) is 13.8. The number of ether oxygens (including phenoxy) is 2. The van der Waals surface area contributed by atoms with Crippen LogP contribution in [-0.2, 0) is 14.3 Å². The molecule has 1 heterocycles. The monoisotopic (exact) mass is 360 g/mol. The molecule has 0 saturated heterocycles. The van der Waals surface area contributed by atoms with Crippen molar-refractivity contribution in [3.05, 3.63) is 54.0 Å². The average Bonchev–Trinajstić information content (AvgIpc) is 3.15. The Bertz CT molecular complexity index is 782. The molecule has 136 valence electrons. The van der Waals surface area contributed by atoms with Crippen molar-refractivity contribution in [2.24, 2.45) is 0 Å². The van der Waals surface area contributed by atoms with E-state index in [0.29, 0.717) is 5.69 Å². The van der Waals surface area contributed by atoms with Crippen LogP contribution in [0, 0.1) is 0 Å². The molecule has 0 spiro atoms. The summed E-state index contributed by atoms with van der Waals surface area (Å²) >= 11 is 0. The zero-order chi connectivity index (χ0) is 18.9. The molecule has 0 fully saturated rings. The summed E-state index contributed by atoms with van der Waals surface area (Å²) in [6, 6.07) is 8.94. The summed E-state index contributed by atoms with van der Waals surface area (Å²) in [5.74, 6) is -1.84. The lowest BCUT2D eigenvalue weighted by molar-refractivity contribution is -0.123. The molecule has 0 unspecified atom stereocenters. The number of nitrogens with one attached hydrogen (secondary N) is 2. The van der Waals surface area contributed by atoms with Crippen molar-refractivity contribution in [2.45, 2.75) is 6.92 Å². The van der Waals surface area contributed by atoms with Crippen molar-refractivity contribution in [3.8, 4) is 0 Å². The van der Waals surface area contributed by atoms with Crippen molar-refractivity contribution < 1.29 is 33.1 Å². The minimum absolute atomic E-state index is 0.113. The first-order valence-electron chi connectivity index (χ1n) is 7.58. The number of benzene rings is 1. The van der Waals surface area contributed by atoms with E-state index < -0.39 is 30.5 Å². The minimum Gasteiger partial charge on any atom is -0.459 e. The molecule has 3 amide bonds. The Hall–Kier alpha value is -3.62. The lowest BCUT2D eigenvalue weighted by Gasteiger charge is -2.07. The molecule has 9 nitrogen and oxygen atoms in total. The van der Waals surface area contributed by atoms with Gasteiger partial charge in [0.15, 0.2) is 12.4 Å². The summed E-state index contributed by atoms with van der Waals surface area (Å²) in [7, 11) is 0. The number of hydrogen-bond acceptors (Lipinski definition) is 7. The van der Waals surface area contributed by atoms with Crippen molar-refractivity contribution in [2.75, 3.05) is 18.5 Å². The van der Waals surface area contributed by atoms with Crippen LogP contribution in [0.25, 0.3) is 0 Å². The molecular weight excluding hydrogens is 344 g/mol. The molecule has 2 aromatic rings. The molecule has 0 radical (unpaired) electrons. The number of carbonyl (C=O) groups is 4. The van der Waals surface area contributed by atoms with Gasteiger partial charge in [-0.2, -0.15) is 0 Å². The van der Waals surface area contributed by atoms with Gasteiger partial charge in [-0.3, -0.25) is 14.9 Å². The Morgan fingerprint density at radius 2 is 1.77 bits per heavy atom. The second-order valence-electron chi connectivity index (χ2n) is 4.85. The summed E-state index contributed by atoms with van der Waals surface area (Å²) in [6.45, 7) is 1.07. The van der Waals surface area contributed by atoms with Gasteiger partial charge in [0.05, 0.1) is 18.4 Å². The van der Waals surface area contributed by atoms with E-state index in [1.165, 1.54) is 36.6 Å². The molecule has 2 N–H and O–H groups in total. The van der Waals surface area contributed by atoms with E-state index in [0.717, 1.165) is 0 Å². The van der Waals surface area contributed by atoms with E-state index >= 15 is 0 Å². The minimum atomic E-state index is -0.912. The molecule has 0 saturated carbocycles. The molecule has 0 bridgehead atoms. The van der Waals surface area contributed by atoms with Gasteiger partial charge in [-0.25, -0.2) is 9.59 Å². The average molecular weight is 360 g/mol. The number of esters is 1. The molecule has 0 aliphatic rings. The number of amides is 3. The normalized spacial score (nSPS) is 9.88. The predicted octanol–water partition coefficient (Wildman–Crippen LogP) is 1.96. The lowest BCUT2D eigenvalue weighted by Crippen LogP contribution is -2.34. The van der Waals surface area contributed by atoms with E-state index in [9.17, 15) is 19.2 Å². The van der Waals surface area contributed by atoms with Gasteiger partial charge >= 0.3 is 12.1 Å². The first-order chi connectivity index (χ1) is 12.5. The summed E-state index contributed by atoms with van der Waals surface area (Å²) in [5, 5.41) is 4.49. The van der Waals surface area contributed by atoms with Gasteiger partial charge in [-0.05, 0) is 43.3 Å². The zero-order valence-electron chi connectivity index (χ0n) is 13.8. The molecule has 0 atom stereocenters. The molecule has 0 aliphatic carbocycles. The van der Waals surface area contributed by atoms with Gasteiger partial charge in [0, 0.05) is 5.69 Å². The maximum absolute atomic E-state index is 11.9. The molecule has 1 aromatic heterocycles. The number of rotatable bonds is 6. The second-order valence-corrected chi connectivity index (χ2v) is 4.85. The third kappa shape index (κ3) is 5.48. The van der Waals surface area contributed by atoms with Gasteiger partial charge in [0.25, 0.3) is 11.8 Å². The van der Waals surface area contributed by atoms with Gasteiger partial charge in [-0.1, -0.05) is 0 Å². The third-order valence-corrected chi connectivity index (χ3v) is 2.97. The Balaban J connectivity index is 1.83. The van der Waals surface area contributed by atoms with Crippen LogP contribution in [0.2, 0.25) is 0 Å². The van der Waals surface area contributed by atoms with Crippen LogP contribution in [0.3, 0.4) is 0 Å². The van der Waals surface area contributed by atoms with E-state index in [2.05, 4.69) is 10.1 Å². The molecule has 26 heavy (non-hydrogen) atoms. The number of furan rings is 1. The topological polar surface area (TPSA) is 124 Å². The van der Waals surface area contributed by atoms with E-state index in [1.807, 2.05) is 5.32 Å². The van der Waals surface area contributed by atoms with Crippen LogP contribution in [0.5, 0.6) is 0 Å². The molecule has 0 aliphatic heterocycles. The highest BCUT2D eigenvalue weighted by Crippen LogP contribution is 2.12. The lowest BCUT2D eigenvalue weighted by atomic mass is 10.2.